The molecule has 0 saturated carbocycles. The molecule has 0 radical (unpaired) electrons. The third kappa shape index (κ3) is 3.41. The number of hydrogen-bond acceptors (Lipinski definition) is 5. The fraction of sp³-hybridized carbons (Fsp3) is 0.0500. The van der Waals surface area contributed by atoms with Crippen molar-refractivity contribution in [2.24, 2.45) is 0 Å². The number of benzene rings is 1. The largest absolute Gasteiger partial charge is 0.467 e. The van der Waals surface area contributed by atoms with Gasteiger partial charge in [-0.25, -0.2) is 4.98 Å². The Morgan fingerprint density at radius 2 is 1.85 bits per heavy atom. The number of aromatic nitrogens is 2. The van der Waals surface area contributed by atoms with Crippen LogP contribution in [0.15, 0.2) is 83.1 Å². The van der Waals surface area contributed by atoms with Crippen LogP contribution in [-0.2, 0) is 6.54 Å². The summed E-state index contributed by atoms with van der Waals surface area (Å²) >= 11 is 1.43. The number of amides is 1. The number of thiazole rings is 1. The number of pyridine rings is 1. The van der Waals surface area contributed by atoms with Crippen LogP contribution >= 0.6 is 11.3 Å². The van der Waals surface area contributed by atoms with E-state index in [0.717, 1.165) is 11.3 Å². The molecule has 0 aliphatic carbocycles. The molecule has 0 aliphatic rings. The zero-order chi connectivity index (χ0) is 17.8. The minimum absolute atomic E-state index is 0.141. The number of rotatable bonds is 5. The van der Waals surface area contributed by atoms with Gasteiger partial charge in [0, 0.05) is 28.9 Å². The van der Waals surface area contributed by atoms with Gasteiger partial charge < -0.3 is 4.42 Å². The Morgan fingerprint density at radius 3 is 2.58 bits per heavy atom. The summed E-state index contributed by atoms with van der Waals surface area (Å²) in [6, 6.07) is 17.0. The molecular formula is C20H15N3O2S. The molecule has 0 aliphatic heterocycles. The Balaban J connectivity index is 1.69. The van der Waals surface area contributed by atoms with Crippen molar-refractivity contribution in [2.75, 3.05) is 4.90 Å². The van der Waals surface area contributed by atoms with Gasteiger partial charge in [0.05, 0.1) is 18.5 Å². The summed E-state index contributed by atoms with van der Waals surface area (Å²) in [6.45, 7) is 0.315. The molecular weight excluding hydrogens is 346 g/mol. The van der Waals surface area contributed by atoms with E-state index < -0.39 is 0 Å². The number of hydrogen-bond donors (Lipinski definition) is 0. The Labute approximate surface area is 154 Å². The van der Waals surface area contributed by atoms with Crippen LogP contribution in [0, 0.1) is 0 Å². The molecule has 0 N–H and O–H groups in total. The van der Waals surface area contributed by atoms with Gasteiger partial charge in [0.2, 0.25) is 0 Å². The summed E-state index contributed by atoms with van der Waals surface area (Å²) in [5, 5.41) is 2.58. The predicted molar refractivity (Wildman–Crippen MR) is 101 cm³/mol. The minimum atomic E-state index is -0.141. The van der Waals surface area contributed by atoms with E-state index in [2.05, 4.69) is 9.97 Å². The summed E-state index contributed by atoms with van der Waals surface area (Å²) in [4.78, 5) is 23.3. The molecule has 0 unspecified atom stereocenters. The number of carbonyl (C=O) groups excluding carboxylic acids is 1. The maximum atomic E-state index is 13.0. The summed E-state index contributed by atoms with van der Waals surface area (Å²) in [5.41, 5.74) is 2.42. The third-order valence-electron chi connectivity index (χ3n) is 3.86. The molecule has 5 nitrogen and oxygen atoms in total. The molecule has 6 heteroatoms. The standard InChI is InChI=1S/C20H15N3O2S/c24-19(16-8-10-21-11-9-16)23(13-17-7-4-12-25-17)20-22-18(14-26-20)15-5-2-1-3-6-15/h1-12,14H,13H2. The predicted octanol–water partition coefficient (Wildman–Crippen LogP) is 4.65. The molecule has 0 spiro atoms. The normalized spacial score (nSPS) is 10.6. The van der Waals surface area contributed by atoms with E-state index in [1.165, 1.54) is 11.3 Å². The molecule has 4 aromatic rings. The van der Waals surface area contributed by atoms with E-state index in [1.807, 2.05) is 47.8 Å². The van der Waals surface area contributed by atoms with Crippen molar-refractivity contribution in [1.29, 1.82) is 0 Å². The first kappa shape index (κ1) is 16.2. The van der Waals surface area contributed by atoms with Gasteiger partial charge in [-0.2, -0.15) is 0 Å². The van der Waals surface area contributed by atoms with Crippen LogP contribution in [0.5, 0.6) is 0 Å². The molecule has 1 amide bonds. The molecule has 0 bridgehead atoms. The summed E-state index contributed by atoms with van der Waals surface area (Å²) < 4.78 is 5.43. The zero-order valence-corrected chi connectivity index (χ0v) is 14.6. The topological polar surface area (TPSA) is 59.2 Å². The summed E-state index contributed by atoms with van der Waals surface area (Å²) in [7, 11) is 0. The van der Waals surface area contributed by atoms with Gasteiger partial charge in [-0.05, 0) is 24.3 Å². The highest BCUT2D eigenvalue weighted by Gasteiger charge is 2.22. The van der Waals surface area contributed by atoms with Gasteiger partial charge in [-0.15, -0.1) is 11.3 Å². The van der Waals surface area contributed by atoms with Gasteiger partial charge >= 0.3 is 0 Å². The fourth-order valence-electron chi connectivity index (χ4n) is 2.56. The van der Waals surface area contributed by atoms with E-state index >= 15 is 0 Å². The van der Waals surface area contributed by atoms with Crippen molar-refractivity contribution in [2.45, 2.75) is 6.54 Å². The van der Waals surface area contributed by atoms with Crippen molar-refractivity contribution in [3.63, 3.8) is 0 Å². The lowest BCUT2D eigenvalue weighted by atomic mass is 10.2. The maximum Gasteiger partial charge on any atom is 0.260 e. The number of furan rings is 1. The van der Waals surface area contributed by atoms with Crippen molar-refractivity contribution >= 4 is 22.4 Å². The highest BCUT2D eigenvalue weighted by molar-refractivity contribution is 7.14. The molecule has 1 aromatic carbocycles. The lowest BCUT2D eigenvalue weighted by Gasteiger charge is -2.18. The zero-order valence-electron chi connectivity index (χ0n) is 13.8. The molecule has 26 heavy (non-hydrogen) atoms. The average molecular weight is 361 g/mol. The molecule has 128 valence electrons. The third-order valence-corrected chi connectivity index (χ3v) is 4.72. The highest BCUT2D eigenvalue weighted by atomic mass is 32.1. The van der Waals surface area contributed by atoms with Crippen molar-refractivity contribution in [3.05, 3.63) is 90.0 Å². The van der Waals surface area contributed by atoms with E-state index in [-0.39, 0.29) is 5.91 Å². The molecule has 0 saturated heterocycles. The quantitative estimate of drug-likeness (QED) is 0.519. The Kier molecular flexibility index (Phi) is 4.57. The van der Waals surface area contributed by atoms with E-state index in [9.17, 15) is 4.79 Å². The highest BCUT2D eigenvalue weighted by Crippen LogP contribution is 2.29. The number of nitrogens with zero attached hydrogens (tertiary/aromatic N) is 3. The maximum absolute atomic E-state index is 13.0. The van der Waals surface area contributed by atoms with Crippen molar-refractivity contribution in [3.8, 4) is 11.3 Å². The Hall–Kier alpha value is -3.25. The number of carbonyl (C=O) groups is 1. The van der Waals surface area contributed by atoms with E-state index in [1.54, 1.807) is 35.7 Å². The Morgan fingerprint density at radius 1 is 1.04 bits per heavy atom. The van der Waals surface area contributed by atoms with Crippen molar-refractivity contribution in [1.82, 2.24) is 9.97 Å². The van der Waals surface area contributed by atoms with Crippen LogP contribution in [0.1, 0.15) is 16.1 Å². The first-order valence-electron chi connectivity index (χ1n) is 8.06. The van der Waals surface area contributed by atoms with Crippen molar-refractivity contribution < 1.29 is 9.21 Å². The van der Waals surface area contributed by atoms with Crippen LogP contribution in [0.4, 0.5) is 5.13 Å². The Bertz CT molecular complexity index is 982. The minimum Gasteiger partial charge on any atom is -0.467 e. The van der Waals surface area contributed by atoms with Crippen LogP contribution in [0.3, 0.4) is 0 Å². The molecule has 3 aromatic heterocycles. The smallest absolute Gasteiger partial charge is 0.260 e. The molecule has 0 fully saturated rings. The molecule has 3 heterocycles. The SMILES string of the molecule is O=C(c1ccncc1)N(Cc1ccco1)c1nc(-c2ccccc2)cs1. The van der Waals surface area contributed by atoms with Gasteiger partial charge in [0.1, 0.15) is 5.76 Å². The van der Waals surface area contributed by atoms with E-state index in [4.69, 9.17) is 4.42 Å². The van der Waals surface area contributed by atoms with Gasteiger partial charge in [0.15, 0.2) is 5.13 Å². The fourth-order valence-corrected chi connectivity index (χ4v) is 3.40. The van der Waals surface area contributed by atoms with Gasteiger partial charge in [0.25, 0.3) is 5.91 Å². The lowest BCUT2D eigenvalue weighted by Crippen LogP contribution is -2.30. The average Bonchev–Trinajstić information content (AvgIpc) is 3.39. The van der Waals surface area contributed by atoms with E-state index in [0.29, 0.717) is 23.0 Å². The summed E-state index contributed by atoms with van der Waals surface area (Å²) in [6.07, 6.45) is 4.81. The van der Waals surface area contributed by atoms with Crippen LogP contribution in [0.2, 0.25) is 0 Å². The second kappa shape index (κ2) is 7.33. The lowest BCUT2D eigenvalue weighted by molar-refractivity contribution is 0.0983. The van der Waals surface area contributed by atoms with Crippen LogP contribution in [-0.4, -0.2) is 15.9 Å². The molecule has 4 rings (SSSR count). The van der Waals surface area contributed by atoms with Gasteiger partial charge in [-0.1, -0.05) is 30.3 Å². The second-order valence-corrected chi connectivity index (χ2v) is 6.42. The van der Waals surface area contributed by atoms with Gasteiger partial charge in [-0.3, -0.25) is 14.7 Å². The second-order valence-electron chi connectivity index (χ2n) is 5.59. The van der Waals surface area contributed by atoms with Crippen LogP contribution in [0.25, 0.3) is 11.3 Å². The first-order chi connectivity index (χ1) is 12.8. The number of anilines is 1. The monoisotopic (exact) mass is 361 g/mol. The summed E-state index contributed by atoms with van der Waals surface area (Å²) in [5.74, 6) is 0.557. The van der Waals surface area contributed by atoms with Crippen LogP contribution < -0.4 is 4.90 Å². The molecule has 0 atom stereocenters. The first-order valence-corrected chi connectivity index (χ1v) is 8.94.